The largest absolute Gasteiger partial charge is 0.481 e. The number of hydrogen-bond acceptors (Lipinski definition) is 2. The molecule has 1 rings (SSSR count). The van der Waals surface area contributed by atoms with E-state index in [1.165, 1.54) is 0 Å². The Hall–Kier alpha value is -1.32. The molecule has 1 fully saturated rings. The molecule has 4 heteroatoms. The number of likely N-dealkylation sites (tertiary alicyclic amines) is 1. The molecule has 0 bridgehead atoms. The minimum atomic E-state index is -0.840. The third-order valence-corrected chi connectivity index (χ3v) is 3.60. The third-order valence-electron chi connectivity index (χ3n) is 3.60. The van der Waals surface area contributed by atoms with Gasteiger partial charge in [-0.3, -0.25) is 9.59 Å². The molecule has 4 nitrogen and oxygen atoms in total. The van der Waals surface area contributed by atoms with Crippen LogP contribution in [0.4, 0.5) is 0 Å². The molecule has 1 heterocycles. The molecule has 108 valence electrons. The number of aliphatic carboxylic acids is 1. The molecular weight excluding hydrogens is 242 g/mol. The van der Waals surface area contributed by atoms with Crippen molar-refractivity contribution in [3.63, 3.8) is 0 Å². The van der Waals surface area contributed by atoms with E-state index < -0.39 is 11.4 Å². The van der Waals surface area contributed by atoms with Crippen LogP contribution in [-0.2, 0) is 9.59 Å². The van der Waals surface area contributed by atoms with Crippen molar-refractivity contribution >= 4 is 11.9 Å². The van der Waals surface area contributed by atoms with Gasteiger partial charge in [-0.25, -0.2) is 0 Å². The molecule has 0 radical (unpaired) electrons. The van der Waals surface area contributed by atoms with E-state index in [0.717, 1.165) is 6.42 Å². The minimum Gasteiger partial charge on any atom is -0.481 e. The third kappa shape index (κ3) is 4.08. The number of carboxylic acids is 1. The standard InChI is InChI=1S/C15H25NO3/c1-5-7-15(13(18)19)8-6-9-16(11-15)12(17)10-14(2,3)4/h5H,1,6-11H2,2-4H3,(H,18,19). The molecule has 0 spiro atoms. The highest BCUT2D eigenvalue weighted by Gasteiger charge is 2.42. The maximum atomic E-state index is 12.2. The zero-order valence-corrected chi connectivity index (χ0v) is 12.2. The van der Waals surface area contributed by atoms with Crippen LogP contribution in [-0.4, -0.2) is 35.0 Å². The van der Waals surface area contributed by atoms with Crippen LogP contribution >= 0.6 is 0 Å². The van der Waals surface area contributed by atoms with Gasteiger partial charge in [-0.15, -0.1) is 6.58 Å². The van der Waals surface area contributed by atoms with E-state index in [1.807, 2.05) is 20.8 Å². The summed E-state index contributed by atoms with van der Waals surface area (Å²) in [4.78, 5) is 25.5. The van der Waals surface area contributed by atoms with Crippen LogP contribution in [0.5, 0.6) is 0 Å². The highest BCUT2D eigenvalue weighted by Crippen LogP contribution is 2.35. The lowest BCUT2D eigenvalue weighted by molar-refractivity contribution is -0.155. The summed E-state index contributed by atoms with van der Waals surface area (Å²) in [6.45, 7) is 10.7. The molecule has 1 saturated heterocycles. The number of amides is 1. The number of allylic oxidation sites excluding steroid dienone is 1. The van der Waals surface area contributed by atoms with Crippen LogP contribution in [0, 0.1) is 10.8 Å². The Morgan fingerprint density at radius 1 is 1.42 bits per heavy atom. The van der Waals surface area contributed by atoms with Crippen LogP contribution in [0.2, 0.25) is 0 Å². The summed E-state index contributed by atoms with van der Waals surface area (Å²) in [5, 5.41) is 9.47. The number of rotatable bonds is 4. The molecule has 0 aromatic heterocycles. The Balaban J connectivity index is 2.80. The van der Waals surface area contributed by atoms with Crippen molar-refractivity contribution < 1.29 is 14.7 Å². The SMILES string of the molecule is C=CCC1(C(=O)O)CCCN(C(=O)CC(C)(C)C)C1. The second-order valence-electron chi connectivity index (χ2n) is 6.73. The lowest BCUT2D eigenvalue weighted by atomic mass is 9.76. The van der Waals surface area contributed by atoms with Gasteiger partial charge in [-0.1, -0.05) is 26.8 Å². The first-order chi connectivity index (χ1) is 8.70. The van der Waals surface area contributed by atoms with Gasteiger partial charge >= 0.3 is 5.97 Å². The van der Waals surface area contributed by atoms with E-state index in [2.05, 4.69) is 6.58 Å². The molecule has 1 atom stereocenters. The first-order valence-electron chi connectivity index (χ1n) is 6.82. The van der Waals surface area contributed by atoms with Gasteiger partial charge in [0.25, 0.3) is 0 Å². The molecule has 1 unspecified atom stereocenters. The second kappa shape index (κ2) is 5.76. The van der Waals surface area contributed by atoms with Gasteiger partial charge < -0.3 is 10.0 Å². The van der Waals surface area contributed by atoms with Crippen molar-refractivity contribution in [3.8, 4) is 0 Å². The molecule has 0 aliphatic carbocycles. The van der Waals surface area contributed by atoms with Gasteiger partial charge in [0.2, 0.25) is 5.91 Å². The average molecular weight is 267 g/mol. The maximum absolute atomic E-state index is 12.2. The first-order valence-corrected chi connectivity index (χ1v) is 6.82. The average Bonchev–Trinajstić information content (AvgIpc) is 2.27. The van der Waals surface area contributed by atoms with Crippen LogP contribution in [0.15, 0.2) is 12.7 Å². The monoisotopic (exact) mass is 267 g/mol. The fourth-order valence-electron chi connectivity index (χ4n) is 2.61. The predicted molar refractivity (Wildman–Crippen MR) is 74.8 cm³/mol. The smallest absolute Gasteiger partial charge is 0.311 e. The fourth-order valence-corrected chi connectivity index (χ4v) is 2.61. The molecule has 1 aliphatic rings. The maximum Gasteiger partial charge on any atom is 0.311 e. The van der Waals surface area contributed by atoms with Gasteiger partial charge in [0.15, 0.2) is 0 Å². The topological polar surface area (TPSA) is 57.6 Å². The number of piperidine rings is 1. The van der Waals surface area contributed by atoms with Gasteiger partial charge in [-0.05, 0) is 24.7 Å². The fraction of sp³-hybridized carbons (Fsp3) is 0.733. The van der Waals surface area contributed by atoms with E-state index >= 15 is 0 Å². The zero-order chi connectivity index (χ0) is 14.7. The van der Waals surface area contributed by atoms with Crippen molar-refractivity contribution in [2.75, 3.05) is 13.1 Å². The van der Waals surface area contributed by atoms with Crippen molar-refractivity contribution in [2.45, 2.75) is 46.5 Å². The van der Waals surface area contributed by atoms with E-state index in [4.69, 9.17) is 0 Å². The molecule has 1 aliphatic heterocycles. The Morgan fingerprint density at radius 3 is 2.53 bits per heavy atom. The molecule has 19 heavy (non-hydrogen) atoms. The van der Waals surface area contributed by atoms with Crippen LogP contribution in [0.25, 0.3) is 0 Å². The number of hydrogen-bond donors (Lipinski definition) is 1. The summed E-state index contributed by atoms with van der Waals surface area (Å²) in [6, 6.07) is 0. The summed E-state index contributed by atoms with van der Waals surface area (Å²) in [5.74, 6) is -0.762. The van der Waals surface area contributed by atoms with E-state index in [0.29, 0.717) is 32.4 Å². The first kappa shape index (κ1) is 15.7. The van der Waals surface area contributed by atoms with E-state index in [1.54, 1.807) is 11.0 Å². The van der Waals surface area contributed by atoms with Crippen molar-refractivity contribution in [1.29, 1.82) is 0 Å². The summed E-state index contributed by atoms with van der Waals surface area (Å²) in [6.07, 6.45) is 3.88. The Morgan fingerprint density at radius 2 is 2.05 bits per heavy atom. The quantitative estimate of drug-likeness (QED) is 0.797. The zero-order valence-electron chi connectivity index (χ0n) is 12.2. The summed E-state index contributed by atoms with van der Waals surface area (Å²) >= 11 is 0. The van der Waals surface area contributed by atoms with E-state index in [-0.39, 0.29) is 11.3 Å². The predicted octanol–water partition coefficient (Wildman–Crippen LogP) is 2.69. The molecule has 1 N–H and O–H groups in total. The summed E-state index contributed by atoms with van der Waals surface area (Å²) in [5.41, 5.74) is -0.910. The molecule has 0 aromatic rings. The molecular formula is C15H25NO3. The van der Waals surface area contributed by atoms with Crippen LogP contribution < -0.4 is 0 Å². The Bertz CT molecular complexity index is 370. The molecule has 0 aromatic carbocycles. The van der Waals surface area contributed by atoms with Crippen molar-refractivity contribution in [3.05, 3.63) is 12.7 Å². The minimum absolute atomic E-state index is 0.0573. The lowest BCUT2D eigenvalue weighted by Gasteiger charge is -2.40. The van der Waals surface area contributed by atoms with Crippen molar-refractivity contribution in [2.24, 2.45) is 10.8 Å². The number of carbonyl (C=O) groups excluding carboxylic acids is 1. The Labute approximate surface area is 115 Å². The number of nitrogens with zero attached hydrogens (tertiary/aromatic N) is 1. The van der Waals surface area contributed by atoms with Gasteiger partial charge in [0, 0.05) is 19.5 Å². The Kier molecular flexibility index (Phi) is 4.77. The highest BCUT2D eigenvalue weighted by molar-refractivity contribution is 5.80. The van der Waals surface area contributed by atoms with Gasteiger partial charge in [0.05, 0.1) is 5.41 Å². The summed E-state index contributed by atoms with van der Waals surface area (Å²) < 4.78 is 0. The molecule has 1 amide bonds. The second-order valence-corrected chi connectivity index (χ2v) is 6.73. The number of carboxylic acid groups (broad SMARTS) is 1. The lowest BCUT2D eigenvalue weighted by Crippen LogP contribution is -2.50. The van der Waals surface area contributed by atoms with Crippen LogP contribution in [0.3, 0.4) is 0 Å². The van der Waals surface area contributed by atoms with Gasteiger partial charge in [0.1, 0.15) is 0 Å². The number of carbonyl (C=O) groups is 2. The van der Waals surface area contributed by atoms with Gasteiger partial charge in [-0.2, -0.15) is 0 Å². The summed E-state index contributed by atoms with van der Waals surface area (Å²) in [7, 11) is 0. The highest BCUT2D eigenvalue weighted by atomic mass is 16.4. The normalized spacial score (nSPS) is 24.1. The van der Waals surface area contributed by atoms with Crippen LogP contribution in [0.1, 0.15) is 46.5 Å². The van der Waals surface area contributed by atoms with Crippen molar-refractivity contribution in [1.82, 2.24) is 4.90 Å². The molecule has 0 saturated carbocycles. The van der Waals surface area contributed by atoms with E-state index in [9.17, 15) is 14.7 Å².